The Morgan fingerprint density at radius 1 is 1.47 bits per heavy atom. The Morgan fingerprint density at radius 2 is 2.20 bits per heavy atom. The van der Waals surface area contributed by atoms with Crippen LogP contribution in [0, 0.1) is 17.8 Å². The summed E-state index contributed by atoms with van der Waals surface area (Å²) in [7, 11) is 0. The third-order valence-corrected chi connectivity index (χ3v) is 4.35. The van der Waals surface area contributed by atoms with Gasteiger partial charge < -0.3 is 9.47 Å². The van der Waals surface area contributed by atoms with Gasteiger partial charge in [0.15, 0.2) is 0 Å². The van der Waals surface area contributed by atoms with Crippen molar-refractivity contribution in [2.45, 2.75) is 38.2 Å². The number of carbonyl (C=O) groups is 1. The first kappa shape index (κ1) is 9.64. The number of rotatable bonds is 2. The molecule has 1 saturated heterocycles. The molecule has 0 amide bonds. The van der Waals surface area contributed by atoms with Crippen LogP contribution in [-0.4, -0.2) is 24.8 Å². The van der Waals surface area contributed by atoms with E-state index in [1.165, 1.54) is 12.8 Å². The van der Waals surface area contributed by atoms with Crippen LogP contribution in [0.25, 0.3) is 0 Å². The minimum atomic E-state index is 0.0158. The topological polar surface area (TPSA) is 35.5 Å². The molecule has 3 unspecified atom stereocenters. The molecule has 0 N–H and O–H groups in total. The minimum Gasteiger partial charge on any atom is -0.466 e. The molecule has 3 rings (SSSR count). The van der Waals surface area contributed by atoms with E-state index in [-0.39, 0.29) is 17.5 Å². The summed E-state index contributed by atoms with van der Waals surface area (Å²) >= 11 is 0. The van der Waals surface area contributed by atoms with E-state index in [4.69, 9.17) is 9.47 Å². The molecular formula is C12H18O3. The summed E-state index contributed by atoms with van der Waals surface area (Å²) < 4.78 is 11.0. The van der Waals surface area contributed by atoms with Crippen molar-refractivity contribution in [1.82, 2.24) is 0 Å². The largest absolute Gasteiger partial charge is 0.466 e. The molecule has 1 heterocycles. The van der Waals surface area contributed by atoms with Crippen molar-refractivity contribution in [3.63, 3.8) is 0 Å². The first-order valence-electron chi connectivity index (χ1n) is 6.09. The van der Waals surface area contributed by atoms with Gasteiger partial charge in [0.2, 0.25) is 0 Å². The van der Waals surface area contributed by atoms with Crippen molar-refractivity contribution in [1.29, 1.82) is 0 Å². The van der Waals surface area contributed by atoms with Crippen molar-refractivity contribution in [2.24, 2.45) is 17.8 Å². The Labute approximate surface area is 90.1 Å². The fraction of sp³-hybridized carbons (Fsp3) is 0.917. The van der Waals surface area contributed by atoms with Gasteiger partial charge in [0.25, 0.3) is 0 Å². The van der Waals surface area contributed by atoms with E-state index in [0.717, 1.165) is 19.4 Å². The van der Waals surface area contributed by atoms with Gasteiger partial charge in [0, 0.05) is 11.8 Å². The standard InChI is InChI=1S/C12H18O3/c1-2-14-11(13)9-8-7-15-12(10(8)9)5-3-4-6-12/h8-10H,2-7H2,1H3. The van der Waals surface area contributed by atoms with Crippen LogP contribution in [0.15, 0.2) is 0 Å². The molecule has 0 aromatic heterocycles. The second kappa shape index (κ2) is 3.21. The molecule has 3 fully saturated rings. The Balaban J connectivity index is 1.71. The van der Waals surface area contributed by atoms with E-state index >= 15 is 0 Å². The molecule has 1 spiro atoms. The summed E-state index contributed by atoms with van der Waals surface area (Å²) in [5.41, 5.74) is 0.0715. The zero-order valence-electron chi connectivity index (χ0n) is 9.20. The van der Waals surface area contributed by atoms with E-state index in [2.05, 4.69) is 0 Å². The number of carbonyl (C=O) groups excluding carboxylic acids is 1. The third kappa shape index (κ3) is 1.25. The number of esters is 1. The van der Waals surface area contributed by atoms with Crippen LogP contribution in [-0.2, 0) is 14.3 Å². The van der Waals surface area contributed by atoms with Gasteiger partial charge in [-0.25, -0.2) is 0 Å². The molecule has 0 bridgehead atoms. The fourth-order valence-electron chi connectivity index (χ4n) is 3.67. The fourth-order valence-corrected chi connectivity index (χ4v) is 3.67. The van der Waals surface area contributed by atoms with Crippen molar-refractivity contribution in [2.75, 3.05) is 13.2 Å². The predicted molar refractivity (Wildman–Crippen MR) is 54.3 cm³/mol. The molecule has 84 valence electrons. The van der Waals surface area contributed by atoms with E-state index in [1.807, 2.05) is 6.92 Å². The van der Waals surface area contributed by atoms with Gasteiger partial charge in [-0.05, 0) is 19.8 Å². The number of ether oxygens (including phenoxy) is 2. The molecule has 0 radical (unpaired) electrons. The number of hydrogen-bond donors (Lipinski definition) is 0. The Morgan fingerprint density at radius 3 is 2.87 bits per heavy atom. The third-order valence-electron chi connectivity index (χ3n) is 4.35. The lowest BCUT2D eigenvalue weighted by Crippen LogP contribution is -2.31. The number of fused-ring (bicyclic) bond motifs is 2. The van der Waals surface area contributed by atoms with E-state index in [0.29, 0.717) is 18.4 Å². The first-order chi connectivity index (χ1) is 7.28. The normalized spacial score (nSPS) is 40.5. The van der Waals surface area contributed by atoms with Crippen LogP contribution < -0.4 is 0 Å². The van der Waals surface area contributed by atoms with Crippen molar-refractivity contribution >= 4 is 5.97 Å². The summed E-state index contributed by atoms with van der Waals surface area (Å²) in [6, 6.07) is 0. The summed E-state index contributed by atoms with van der Waals surface area (Å²) in [4.78, 5) is 11.7. The van der Waals surface area contributed by atoms with Crippen LogP contribution in [0.4, 0.5) is 0 Å². The highest BCUT2D eigenvalue weighted by Crippen LogP contribution is 2.64. The second-order valence-corrected chi connectivity index (χ2v) is 5.05. The molecule has 2 aliphatic carbocycles. The monoisotopic (exact) mass is 210 g/mol. The quantitative estimate of drug-likeness (QED) is 0.651. The van der Waals surface area contributed by atoms with E-state index in [9.17, 15) is 4.79 Å². The molecular weight excluding hydrogens is 192 g/mol. The zero-order chi connectivity index (χ0) is 10.5. The average molecular weight is 210 g/mol. The molecule has 15 heavy (non-hydrogen) atoms. The molecule has 3 aliphatic rings. The van der Waals surface area contributed by atoms with Crippen molar-refractivity contribution < 1.29 is 14.3 Å². The SMILES string of the molecule is CCOC(=O)C1C2COC3(CCCC3)C21. The van der Waals surface area contributed by atoms with Gasteiger partial charge in [-0.2, -0.15) is 0 Å². The lowest BCUT2D eigenvalue weighted by molar-refractivity contribution is -0.148. The summed E-state index contributed by atoms with van der Waals surface area (Å²) in [6.45, 7) is 3.16. The van der Waals surface area contributed by atoms with Gasteiger partial charge in [-0.3, -0.25) is 4.79 Å². The highest BCUT2D eigenvalue weighted by molar-refractivity contribution is 5.77. The van der Waals surface area contributed by atoms with Crippen LogP contribution in [0.5, 0.6) is 0 Å². The van der Waals surface area contributed by atoms with Gasteiger partial charge in [-0.1, -0.05) is 12.8 Å². The smallest absolute Gasteiger partial charge is 0.309 e. The summed E-state index contributed by atoms with van der Waals surface area (Å²) in [5.74, 6) is 1.14. The van der Waals surface area contributed by atoms with Crippen molar-refractivity contribution in [3.05, 3.63) is 0 Å². The lowest BCUT2D eigenvalue weighted by Gasteiger charge is -2.26. The molecule has 3 heteroatoms. The lowest BCUT2D eigenvalue weighted by atomic mass is 9.94. The molecule has 0 aromatic carbocycles. The zero-order valence-corrected chi connectivity index (χ0v) is 9.20. The van der Waals surface area contributed by atoms with Crippen LogP contribution >= 0.6 is 0 Å². The average Bonchev–Trinajstić information content (AvgIpc) is 2.61. The minimum absolute atomic E-state index is 0.0158. The first-order valence-corrected chi connectivity index (χ1v) is 6.09. The van der Waals surface area contributed by atoms with Crippen LogP contribution in [0.3, 0.4) is 0 Å². The molecule has 2 saturated carbocycles. The maximum atomic E-state index is 11.7. The Kier molecular flexibility index (Phi) is 2.06. The van der Waals surface area contributed by atoms with Crippen LogP contribution in [0.2, 0.25) is 0 Å². The molecule has 0 aromatic rings. The van der Waals surface area contributed by atoms with Gasteiger partial charge in [0.05, 0.1) is 24.7 Å². The predicted octanol–water partition coefficient (Wildman–Crippen LogP) is 1.75. The van der Waals surface area contributed by atoms with Crippen molar-refractivity contribution in [3.8, 4) is 0 Å². The maximum absolute atomic E-state index is 11.7. The highest BCUT2D eigenvalue weighted by atomic mass is 16.5. The molecule has 3 nitrogen and oxygen atoms in total. The number of hydrogen-bond acceptors (Lipinski definition) is 3. The molecule has 3 atom stereocenters. The Hall–Kier alpha value is -0.570. The molecule has 1 aliphatic heterocycles. The van der Waals surface area contributed by atoms with Gasteiger partial charge in [0.1, 0.15) is 0 Å². The summed E-state index contributed by atoms with van der Waals surface area (Å²) in [5, 5.41) is 0. The van der Waals surface area contributed by atoms with Gasteiger partial charge in [-0.15, -0.1) is 0 Å². The van der Waals surface area contributed by atoms with Gasteiger partial charge >= 0.3 is 5.97 Å². The highest BCUT2D eigenvalue weighted by Gasteiger charge is 2.70. The summed E-state index contributed by atoms with van der Waals surface area (Å²) in [6.07, 6.45) is 4.84. The van der Waals surface area contributed by atoms with E-state index in [1.54, 1.807) is 0 Å². The maximum Gasteiger partial charge on any atom is 0.309 e. The van der Waals surface area contributed by atoms with Crippen LogP contribution in [0.1, 0.15) is 32.6 Å². The van der Waals surface area contributed by atoms with E-state index < -0.39 is 0 Å². The second-order valence-electron chi connectivity index (χ2n) is 5.05. The Bertz CT molecular complexity index is 275.